The summed E-state index contributed by atoms with van der Waals surface area (Å²) in [6, 6.07) is 9.97. The highest BCUT2D eigenvalue weighted by Crippen LogP contribution is 2.42. The standard InChI is InChI=1S/C19H19FN2O3S2/c1-12-11-22(19(23)13-2-3-13)17-10-16(8-9-18(17)26-12)27(24,25)21-15-6-4-14(20)5-7-15/h4-10,12-13,21H,2-3,11H2,1H3. The Bertz CT molecular complexity index is 989. The van der Waals surface area contributed by atoms with Crippen LogP contribution >= 0.6 is 11.8 Å². The first kappa shape index (κ1) is 18.3. The Kier molecular flexibility index (Phi) is 4.63. The summed E-state index contributed by atoms with van der Waals surface area (Å²) >= 11 is 1.64. The van der Waals surface area contributed by atoms with Crippen LogP contribution in [-0.4, -0.2) is 26.1 Å². The Hall–Kier alpha value is -2.06. The lowest BCUT2D eigenvalue weighted by Gasteiger charge is -2.33. The number of hydrogen-bond donors (Lipinski definition) is 1. The maximum absolute atomic E-state index is 13.0. The highest BCUT2D eigenvalue weighted by atomic mass is 32.2. The van der Waals surface area contributed by atoms with E-state index in [9.17, 15) is 17.6 Å². The Labute approximate surface area is 162 Å². The third-order valence-electron chi connectivity index (χ3n) is 4.59. The fraction of sp³-hybridized carbons (Fsp3) is 0.316. The van der Waals surface area contributed by atoms with Gasteiger partial charge in [0.25, 0.3) is 10.0 Å². The van der Waals surface area contributed by atoms with Gasteiger partial charge in [0, 0.05) is 28.3 Å². The molecule has 0 aromatic heterocycles. The van der Waals surface area contributed by atoms with E-state index in [2.05, 4.69) is 11.6 Å². The van der Waals surface area contributed by atoms with E-state index in [-0.39, 0.29) is 27.7 Å². The van der Waals surface area contributed by atoms with Crippen LogP contribution in [0.1, 0.15) is 19.8 Å². The molecule has 4 rings (SSSR count). The summed E-state index contributed by atoms with van der Waals surface area (Å²) in [7, 11) is -3.85. The van der Waals surface area contributed by atoms with Crippen molar-refractivity contribution in [3.8, 4) is 0 Å². The molecular weight excluding hydrogens is 387 g/mol. The molecule has 142 valence electrons. The van der Waals surface area contributed by atoms with E-state index >= 15 is 0 Å². The molecule has 2 aromatic rings. The maximum atomic E-state index is 13.0. The van der Waals surface area contributed by atoms with Gasteiger partial charge in [-0.25, -0.2) is 12.8 Å². The van der Waals surface area contributed by atoms with E-state index < -0.39 is 15.8 Å². The van der Waals surface area contributed by atoms with Crippen molar-refractivity contribution in [3.63, 3.8) is 0 Å². The number of nitrogens with zero attached hydrogens (tertiary/aromatic N) is 1. The lowest BCUT2D eigenvalue weighted by Crippen LogP contribution is -2.39. The fourth-order valence-electron chi connectivity index (χ4n) is 3.08. The smallest absolute Gasteiger partial charge is 0.261 e. The Morgan fingerprint density at radius 2 is 1.89 bits per heavy atom. The molecule has 2 aliphatic rings. The lowest BCUT2D eigenvalue weighted by molar-refractivity contribution is -0.119. The molecule has 0 bridgehead atoms. The summed E-state index contributed by atoms with van der Waals surface area (Å²) < 4.78 is 41.0. The van der Waals surface area contributed by atoms with Crippen LogP contribution in [-0.2, 0) is 14.8 Å². The first-order chi connectivity index (χ1) is 12.8. The number of carbonyl (C=O) groups is 1. The summed E-state index contributed by atoms with van der Waals surface area (Å²) in [5.41, 5.74) is 0.931. The van der Waals surface area contributed by atoms with Crippen molar-refractivity contribution >= 4 is 39.1 Å². The number of nitrogens with one attached hydrogen (secondary N) is 1. The summed E-state index contributed by atoms with van der Waals surface area (Å²) in [5.74, 6) is -0.303. The van der Waals surface area contributed by atoms with E-state index in [0.29, 0.717) is 12.2 Å². The van der Waals surface area contributed by atoms with Crippen LogP contribution in [0.3, 0.4) is 0 Å². The minimum atomic E-state index is -3.85. The fourth-order valence-corrected chi connectivity index (χ4v) is 5.25. The maximum Gasteiger partial charge on any atom is 0.261 e. The Morgan fingerprint density at radius 1 is 1.19 bits per heavy atom. The van der Waals surface area contributed by atoms with Gasteiger partial charge in [0.2, 0.25) is 5.91 Å². The topological polar surface area (TPSA) is 66.5 Å². The van der Waals surface area contributed by atoms with E-state index in [1.54, 1.807) is 28.8 Å². The van der Waals surface area contributed by atoms with Gasteiger partial charge in [-0.05, 0) is 55.3 Å². The second kappa shape index (κ2) is 6.83. The van der Waals surface area contributed by atoms with Gasteiger partial charge in [0.1, 0.15) is 5.82 Å². The largest absolute Gasteiger partial charge is 0.310 e. The quantitative estimate of drug-likeness (QED) is 0.837. The summed E-state index contributed by atoms with van der Waals surface area (Å²) in [4.78, 5) is 15.4. The molecule has 1 aliphatic heterocycles. The van der Waals surface area contributed by atoms with Crippen molar-refractivity contribution in [1.82, 2.24) is 0 Å². The SMILES string of the molecule is CC1CN(C(=O)C2CC2)c2cc(S(=O)(=O)Nc3ccc(F)cc3)ccc2S1. The van der Waals surface area contributed by atoms with Gasteiger partial charge >= 0.3 is 0 Å². The molecule has 1 fully saturated rings. The summed E-state index contributed by atoms with van der Waals surface area (Å²) in [5, 5.41) is 0.250. The average Bonchev–Trinajstić information content (AvgIpc) is 3.47. The molecule has 1 heterocycles. The van der Waals surface area contributed by atoms with Gasteiger partial charge in [-0.2, -0.15) is 0 Å². The Balaban J connectivity index is 1.67. The zero-order valence-corrected chi connectivity index (χ0v) is 16.3. The summed E-state index contributed by atoms with van der Waals surface area (Å²) in [6.07, 6.45) is 1.80. The number of benzene rings is 2. The number of rotatable bonds is 4. The highest BCUT2D eigenvalue weighted by molar-refractivity contribution is 8.00. The average molecular weight is 407 g/mol. The molecule has 0 spiro atoms. The minimum absolute atomic E-state index is 0.0609. The van der Waals surface area contributed by atoms with Crippen LogP contribution in [0.5, 0.6) is 0 Å². The molecule has 1 saturated carbocycles. The molecule has 0 saturated heterocycles. The highest BCUT2D eigenvalue weighted by Gasteiger charge is 2.37. The van der Waals surface area contributed by atoms with Gasteiger partial charge in [-0.15, -0.1) is 11.8 Å². The van der Waals surface area contributed by atoms with Crippen molar-refractivity contribution in [2.75, 3.05) is 16.2 Å². The number of carbonyl (C=O) groups excluding carboxylic acids is 1. The van der Waals surface area contributed by atoms with Crippen LogP contribution in [0.4, 0.5) is 15.8 Å². The van der Waals surface area contributed by atoms with E-state index in [1.807, 2.05) is 0 Å². The van der Waals surface area contributed by atoms with Crippen LogP contribution in [0.15, 0.2) is 52.3 Å². The molecule has 1 amide bonds. The molecule has 1 atom stereocenters. The second-order valence-electron chi connectivity index (χ2n) is 6.89. The van der Waals surface area contributed by atoms with E-state index in [4.69, 9.17) is 0 Å². The zero-order valence-electron chi connectivity index (χ0n) is 14.7. The predicted molar refractivity (Wildman–Crippen MR) is 104 cm³/mol. The van der Waals surface area contributed by atoms with Crippen molar-refractivity contribution in [1.29, 1.82) is 0 Å². The molecule has 0 radical (unpaired) electrons. The second-order valence-corrected chi connectivity index (χ2v) is 10.1. The number of amides is 1. The van der Waals surface area contributed by atoms with Crippen LogP contribution < -0.4 is 9.62 Å². The number of anilines is 2. The Morgan fingerprint density at radius 3 is 2.56 bits per heavy atom. The van der Waals surface area contributed by atoms with Crippen molar-refractivity contribution in [2.24, 2.45) is 5.92 Å². The zero-order chi connectivity index (χ0) is 19.2. The third kappa shape index (κ3) is 3.82. The number of fused-ring (bicyclic) bond motifs is 1. The number of hydrogen-bond acceptors (Lipinski definition) is 4. The molecule has 1 aliphatic carbocycles. The number of halogens is 1. The molecule has 27 heavy (non-hydrogen) atoms. The van der Waals surface area contributed by atoms with E-state index in [0.717, 1.165) is 17.7 Å². The van der Waals surface area contributed by atoms with Gasteiger partial charge in [-0.1, -0.05) is 6.92 Å². The van der Waals surface area contributed by atoms with Crippen LogP contribution in [0.2, 0.25) is 0 Å². The van der Waals surface area contributed by atoms with Crippen molar-refractivity contribution < 1.29 is 17.6 Å². The van der Waals surface area contributed by atoms with Crippen molar-refractivity contribution in [3.05, 3.63) is 48.3 Å². The molecular formula is C19H19FN2O3S2. The van der Waals surface area contributed by atoms with Crippen LogP contribution in [0, 0.1) is 11.7 Å². The van der Waals surface area contributed by atoms with Crippen molar-refractivity contribution in [2.45, 2.75) is 34.8 Å². The summed E-state index contributed by atoms with van der Waals surface area (Å²) in [6.45, 7) is 2.63. The van der Waals surface area contributed by atoms with Gasteiger partial charge in [-0.3, -0.25) is 9.52 Å². The predicted octanol–water partition coefficient (Wildman–Crippen LogP) is 3.86. The monoisotopic (exact) mass is 406 g/mol. The normalized spacial score (nSPS) is 19.5. The van der Waals surface area contributed by atoms with E-state index in [1.165, 1.54) is 30.3 Å². The minimum Gasteiger partial charge on any atom is -0.310 e. The molecule has 8 heteroatoms. The van der Waals surface area contributed by atoms with Crippen LogP contribution in [0.25, 0.3) is 0 Å². The molecule has 5 nitrogen and oxygen atoms in total. The number of thioether (sulfide) groups is 1. The van der Waals surface area contributed by atoms with Gasteiger partial charge in [0.15, 0.2) is 0 Å². The molecule has 1 N–H and O–H groups in total. The van der Waals surface area contributed by atoms with Gasteiger partial charge in [0.05, 0.1) is 10.6 Å². The third-order valence-corrected chi connectivity index (χ3v) is 7.12. The molecule has 1 unspecified atom stereocenters. The number of sulfonamides is 1. The van der Waals surface area contributed by atoms with Gasteiger partial charge < -0.3 is 4.90 Å². The molecule has 2 aromatic carbocycles. The first-order valence-electron chi connectivity index (χ1n) is 8.74. The first-order valence-corrected chi connectivity index (χ1v) is 11.1. The lowest BCUT2D eigenvalue weighted by atomic mass is 10.2.